The molecule has 2 fully saturated rings. The van der Waals surface area contributed by atoms with Crippen LogP contribution in [-0.4, -0.2) is 52.0 Å². The molecule has 0 bridgehead atoms. The molecule has 2 aromatic heterocycles. The van der Waals surface area contributed by atoms with Crippen molar-refractivity contribution >= 4 is 11.8 Å². The molecule has 8 nitrogen and oxygen atoms in total. The Morgan fingerprint density at radius 2 is 1.82 bits per heavy atom. The van der Waals surface area contributed by atoms with Crippen molar-refractivity contribution in [2.45, 2.75) is 57.2 Å². The van der Waals surface area contributed by atoms with Gasteiger partial charge in [-0.3, -0.25) is 19.5 Å². The first-order valence-corrected chi connectivity index (χ1v) is 13.1. The van der Waals surface area contributed by atoms with Crippen LogP contribution >= 0.6 is 0 Å². The van der Waals surface area contributed by atoms with Gasteiger partial charge in [0.1, 0.15) is 11.6 Å². The summed E-state index contributed by atoms with van der Waals surface area (Å²) in [5.74, 6) is -2.58. The second kappa shape index (κ2) is 11.8. The number of rotatable bonds is 7. The number of halogens is 2. The van der Waals surface area contributed by atoms with Crippen molar-refractivity contribution in [2.24, 2.45) is 5.92 Å². The Hall–Kier alpha value is -3.66. The predicted molar refractivity (Wildman–Crippen MR) is 136 cm³/mol. The Balaban J connectivity index is 1.29. The summed E-state index contributed by atoms with van der Waals surface area (Å²) in [6, 6.07) is 8.16. The second-order valence-corrected chi connectivity index (χ2v) is 10.0. The van der Waals surface area contributed by atoms with Crippen LogP contribution in [0.5, 0.6) is 0 Å². The molecule has 1 saturated heterocycles. The van der Waals surface area contributed by atoms with Crippen LogP contribution in [0.3, 0.4) is 0 Å². The number of hydrogen-bond donors (Lipinski definition) is 2. The SMILES string of the molecule is O=C(N[C@@H]1CCN(C2CCCCC2)C[C@H]1C(=O)NCc1ccncc1)c1cc(-c2ccc(F)cc2F)on1. The summed E-state index contributed by atoms with van der Waals surface area (Å²) in [6.07, 6.45) is 9.88. The molecule has 3 aromatic rings. The quantitative estimate of drug-likeness (QED) is 0.484. The summed E-state index contributed by atoms with van der Waals surface area (Å²) >= 11 is 0. The van der Waals surface area contributed by atoms with Gasteiger partial charge in [-0.15, -0.1) is 0 Å². The summed E-state index contributed by atoms with van der Waals surface area (Å²) in [5, 5.41) is 9.78. The van der Waals surface area contributed by atoms with Crippen LogP contribution in [-0.2, 0) is 11.3 Å². The van der Waals surface area contributed by atoms with E-state index in [1.165, 1.54) is 31.4 Å². The zero-order valence-electron chi connectivity index (χ0n) is 21.0. The van der Waals surface area contributed by atoms with Gasteiger partial charge in [0.15, 0.2) is 11.5 Å². The van der Waals surface area contributed by atoms with Crippen molar-refractivity contribution in [3.8, 4) is 11.3 Å². The number of carbonyl (C=O) groups excluding carboxylic acids is 2. The molecule has 0 spiro atoms. The normalized spacial score (nSPS) is 20.7. The number of benzene rings is 1. The molecule has 1 aromatic carbocycles. The minimum Gasteiger partial charge on any atom is -0.355 e. The highest BCUT2D eigenvalue weighted by atomic mass is 19.1. The van der Waals surface area contributed by atoms with Crippen molar-refractivity contribution in [2.75, 3.05) is 13.1 Å². The summed E-state index contributed by atoms with van der Waals surface area (Å²) in [6.45, 7) is 1.72. The fourth-order valence-corrected chi connectivity index (χ4v) is 5.46. The van der Waals surface area contributed by atoms with Gasteiger partial charge in [-0.1, -0.05) is 24.4 Å². The number of nitrogens with one attached hydrogen (secondary N) is 2. The molecule has 5 rings (SSSR count). The molecule has 2 amide bonds. The van der Waals surface area contributed by atoms with Gasteiger partial charge in [0.2, 0.25) is 5.91 Å². The monoisotopic (exact) mass is 523 g/mol. The number of nitrogens with zero attached hydrogens (tertiary/aromatic N) is 3. The highest BCUT2D eigenvalue weighted by Gasteiger charge is 2.38. The van der Waals surface area contributed by atoms with Gasteiger partial charge in [-0.25, -0.2) is 8.78 Å². The highest BCUT2D eigenvalue weighted by molar-refractivity contribution is 5.94. The summed E-state index contributed by atoms with van der Waals surface area (Å²) in [7, 11) is 0. The van der Waals surface area contributed by atoms with Crippen molar-refractivity contribution in [3.63, 3.8) is 0 Å². The maximum absolute atomic E-state index is 14.2. The molecule has 10 heteroatoms. The van der Waals surface area contributed by atoms with Gasteiger partial charge < -0.3 is 15.2 Å². The number of likely N-dealkylation sites (tertiary alicyclic amines) is 1. The Bertz CT molecular complexity index is 1260. The fourth-order valence-electron chi connectivity index (χ4n) is 5.46. The van der Waals surface area contributed by atoms with E-state index < -0.39 is 29.5 Å². The van der Waals surface area contributed by atoms with Gasteiger partial charge in [0.25, 0.3) is 5.91 Å². The molecule has 1 saturated carbocycles. The van der Waals surface area contributed by atoms with Gasteiger partial charge in [-0.2, -0.15) is 0 Å². The average Bonchev–Trinajstić information content (AvgIpc) is 3.43. The van der Waals surface area contributed by atoms with E-state index in [1.807, 2.05) is 12.1 Å². The largest absolute Gasteiger partial charge is 0.355 e. The van der Waals surface area contributed by atoms with Gasteiger partial charge >= 0.3 is 0 Å². The van der Waals surface area contributed by atoms with E-state index in [9.17, 15) is 18.4 Å². The molecule has 0 unspecified atom stereocenters. The van der Waals surface area contributed by atoms with Crippen LogP contribution in [0.4, 0.5) is 8.78 Å². The maximum Gasteiger partial charge on any atom is 0.273 e. The molecular weight excluding hydrogens is 492 g/mol. The molecule has 2 atom stereocenters. The number of pyridine rings is 1. The lowest BCUT2D eigenvalue weighted by Gasteiger charge is -2.43. The van der Waals surface area contributed by atoms with E-state index in [-0.39, 0.29) is 22.9 Å². The van der Waals surface area contributed by atoms with Crippen LogP contribution in [0, 0.1) is 17.6 Å². The van der Waals surface area contributed by atoms with E-state index in [1.54, 1.807) is 12.4 Å². The van der Waals surface area contributed by atoms with Crippen LogP contribution < -0.4 is 10.6 Å². The highest BCUT2D eigenvalue weighted by Crippen LogP contribution is 2.28. The minimum atomic E-state index is -0.811. The van der Waals surface area contributed by atoms with Crippen LogP contribution in [0.25, 0.3) is 11.3 Å². The first-order chi connectivity index (χ1) is 18.5. The van der Waals surface area contributed by atoms with Crippen molar-refractivity contribution < 1.29 is 22.9 Å². The lowest BCUT2D eigenvalue weighted by molar-refractivity contribution is -0.128. The topological polar surface area (TPSA) is 100 Å². The van der Waals surface area contributed by atoms with E-state index in [2.05, 4.69) is 25.7 Å². The van der Waals surface area contributed by atoms with Crippen molar-refractivity contribution in [1.29, 1.82) is 0 Å². The van der Waals surface area contributed by atoms with E-state index in [4.69, 9.17) is 4.52 Å². The predicted octanol–water partition coefficient (Wildman–Crippen LogP) is 4.08. The van der Waals surface area contributed by atoms with Gasteiger partial charge in [-0.05, 0) is 49.1 Å². The summed E-state index contributed by atoms with van der Waals surface area (Å²) < 4.78 is 32.6. The molecule has 3 heterocycles. The minimum absolute atomic E-state index is 0.00658. The average molecular weight is 524 g/mol. The Kier molecular flexibility index (Phi) is 8.07. The molecule has 0 radical (unpaired) electrons. The van der Waals surface area contributed by atoms with Crippen LogP contribution in [0.2, 0.25) is 0 Å². The Morgan fingerprint density at radius 1 is 1.03 bits per heavy atom. The second-order valence-electron chi connectivity index (χ2n) is 10.0. The number of amides is 2. The van der Waals surface area contributed by atoms with E-state index in [0.717, 1.165) is 37.1 Å². The zero-order valence-corrected chi connectivity index (χ0v) is 21.0. The third kappa shape index (κ3) is 6.07. The molecule has 2 N–H and O–H groups in total. The van der Waals surface area contributed by atoms with E-state index in [0.29, 0.717) is 25.6 Å². The standard InChI is InChI=1S/C28H31F2N5O3/c29-19-6-7-21(23(30)14-19)26-15-25(34-38-26)28(37)33-24-10-13-35(20-4-2-1-3-5-20)17-22(24)27(36)32-16-18-8-11-31-12-9-18/h6-9,11-12,14-15,20,22,24H,1-5,10,13,16-17H2,(H,32,36)(H,33,37)/t22-,24-/m1/s1. The molecule has 1 aliphatic heterocycles. The Morgan fingerprint density at radius 3 is 2.58 bits per heavy atom. The third-order valence-corrected chi connectivity index (χ3v) is 7.54. The number of piperidine rings is 1. The number of hydrogen-bond acceptors (Lipinski definition) is 6. The first kappa shape index (κ1) is 26.0. The maximum atomic E-state index is 14.2. The number of aromatic nitrogens is 2. The Labute approximate surface area is 219 Å². The summed E-state index contributed by atoms with van der Waals surface area (Å²) in [4.78, 5) is 32.9. The number of carbonyl (C=O) groups is 2. The molecule has 1 aliphatic carbocycles. The van der Waals surface area contributed by atoms with Gasteiger partial charge in [0, 0.05) is 56.2 Å². The first-order valence-electron chi connectivity index (χ1n) is 13.1. The van der Waals surface area contributed by atoms with Crippen molar-refractivity contribution in [3.05, 3.63) is 71.7 Å². The van der Waals surface area contributed by atoms with Gasteiger partial charge in [0.05, 0.1) is 11.5 Å². The molecule has 2 aliphatic rings. The van der Waals surface area contributed by atoms with E-state index >= 15 is 0 Å². The van der Waals surface area contributed by atoms with Crippen LogP contribution in [0.15, 0.2) is 53.3 Å². The van der Waals surface area contributed by atoms with Crippen LogP contribution in [0.1, 0.15) is 54.6 Å². The lowest BCUT2D eigenvalue weighted by atomic mass is 9.87. The third-order valence-electron chi connectivity index (χ3n) is 7.54. The zero-order chi connectivity index (χ0) is 26.5. The molecular formula is C28H31F2N5O3. The molecule has 38 heavy (non-hydrogen) atoms. The fraction of sp³-hybridized carbons (Fsp3) is 0.429. The smallest absolute Gasteiger partial charge is 0.273 e. The molecule has 200 valence electrons. The summed E-state index contributed by atoms with van der Waals surface area (Å²) in [5.41, 5.74) is 0.915. The lowest BCUT2D eigenvalue weighted by Crippen LogP contribution is -2.57. The van der Waals surface area contributed by atoms with Crippen molar-refractivity contribution in [1.82, 2.24) is 25.7 Å².